The Kier molecular flexibility index (Phi) is 7.28. The standard InChI is InChI=1S/C25H16N10O2S4/c1-7-34-19(36)17(40-21(34)11(9-26)28-5)32-23-30-15-13(38-23)14-16(25(15,3)4)31-24(39-14)33-18-20(37)35(8-2)22(41-18)12(10-27)29-6/h7-8H2,1-4H3/b21-11-,22-12+,32-17?,33-18?. The molecular formula is C25H16N10O2S4. The van der Waals surface area contributed by atoms with Crippen LogP contribution in [0.15, 0.2) is 31.4 Å². The molecule has 2 amide bonds. The van der Waals surface area contributed by atoms with E-state index in [0.29, 0.717) is 23.4 Å². The molecule has 0 N–H and O–H groups in total. The summed E-state index contributed by atoms with van der Waals surface area (Å²) in [4.78, 5) is 55.2. The van der Waals surface area contributed by atoms with Gasteiger partial charge >= 0.3 is 0 Å². The summed E-state index contributed by atoms with van der Waals surface area (Å²) in [6, 6.07) is 3.68. The number of allylic oxidation sites excluding steroid dienone is 2. The maximum absolute atomic E-state index is 12.9. The molecule has 202 valence electrons. The number of aromatic nitrogens is 2. The summed E-state index contributed by atoms with van der Waals surface area (Å²) >= 11 is 4.57. The van der Waals surface area contributed by atoms with Crippen molar-refractivity contribution in [1.29, 1.82) is 10.5 Å². The molecule has 41 heavy (non-hydrogen) atoms. The van der Waals surface area contributed by atoms with E-state index in [0.717, 1.165) is 44.7 Å². The Hall–Kier alpha value is -4.32. The molecule has 2 aliphatic heterocycles. The zero-order chi connectivity index (χ0) is 29.6. The minimum Gasteiger partial charge on any atom is -0.309 e. The summed E-state index contributed by atoms with van der Waals surface area (Å²) in [5.74, 6) is -0.776. The van der Waals surface area contributed by atoms with Gasteiger partial charge in [-0.2, -0.15) is 0 Å². The van der Waals surface area contributed by atoms with E-state index in [-0.39, 0.29) is 43.4 Å². The van der Waals surface area contributed by atoms with Crippen molar-refractivity contribution in [3.63, 3.8) is 0 Å². The van der Waals surface area contributed by atoms with E-state index >= 15 is 0 Å². The number of nitriles is 2. The van der Waals surface area contributed by atoms with E-state index in [9.17, 15) is 20.1 Å². The first-order valence-electron chi connectivity index (χ1n) is 11.9. The molecule has 2 aromatic heterocycles. The summed E-state index contributed by atoms with van der Waals surface area (Å²) in [5.41, 5.74) is 0.602. The zero-order valence-corrected chi connectivity index (χ0v) is 25.1. The molecule has 3 aliphatic rings. The average Bonchev–Trinajstić information content (AvgIpc) is 3.73. The lowest BCUT2D eigenvalue weighted by Gasteiger charge is -2.15. The molecule has 2 aromatic rings. The molecule has 0 aromatic carbocycles. The van der Waals surface area contributed by atoms with Crippen LogP contribution in [0, 0.1) is 35.8 Å². The second-order valence-corrected chi connectivity index (χ2v) is 12.8. The Bertz CT molecular complexity index is 1680. The first-order valence-corrected chi connectivity index (χ1v) is 15.1. The fourth-order valence-corrected chi connectivity index (χ4v) is 8.76. The molecule has 0 bridgehead atoms. The van der Waals surface area contributed by atoms with Crippen LogP contribution >= 0.6 is 46.2 Å². The lowest BCUT2D eigenvalue weighted by molar-refractivity contribution is -0.121. The van der Waals surface area contributed by atoms with Crippen molar-refractivity contribution in [2.24, 2.45) is 9.98 Å². The van der Waals surface area contributed by atoms with Crippen LogP contribution in [0.5, 0.6) is 0 Å². The topological polar surface area (TPSA) is 147 Å². The first kappa shape index (κ1) is 28.2. The zero-order valence-electron chi connectivity index (χ0n) is 21.8. The number of hydrogen-bond acceptors (Lipinski definition) is 12. The van der Waals surface area contributed by atoms with Crippen molar-refractivity contribution in [2.45, 2.75) is 33.1 Å². The Morgan fingerprint density at radius 1 is 0.854 bits per heavy atom. The van der Waals surface area contributed by atoms with Gasteiger partial charge in [-0.05, 0) is 27.7 Å². The number of carbonyl (C=O) groups excluding carboxylic acids is 2. The van der Waals surface area contributed by atoms with E-state index in [2.05, 4.69) is 19.7 Å². The van der Waals surface area contributed by atoms with E-state index in [1.54, 1.807) is 13.8 Å². The maximum Gasteiger partial charge on any atom is 0.291 e. The smallest absolute Gasteiger partial charge is 0.291 e. The van der Waals surface area contributed by atoms with E-state index in [4.69, 9.17) is 23.1 Å². The van der Waals surface area contributed by atoms with Crippen LogP contribution in [0.4, 0.5) is 10.3 Å². The van der Waals surface area contributed by atoms with Crippen molar-refractivity contribution in [3.05, 3.63) is 55.7 Å². The second-order valence-electron chi connectivity index (χ2n) is 8.86. The molecule has 2 saturated heterocycles. The van der Waals surface area contributed by atoms with Gasteiger partial charge in [0, 0.05) is 13.1 Å². The van der Waals surface area contributed by atoms with Crippen LogP contribution < -0.4 is 0 Å². The van der Waals surface area contributed by atoms with Crippen molar-refractivity contribution >= 4 is 78.4 Å². The molecular weight excluding hydrogens is 601 g/mol. The third kappa shape index (κ3) is 4.42. The number of carbonyl (C=O) groups is 2. The highest BCUT2D eigenvalue weighted by Gasteiger charge is 2.44. The largest absolute Gasteiger partial charge is 0.309 e. The maximum atomic E-state index is 12.9. The third-order valence-electron chi connectivity index (χ3n) is 6.22. The Morgan fingerprint density at radius 2 is 1.24 bits per heavy atom. The highest BCUT2D eigenvalue weighted by molar-refractivity contribution is 8.20. The van der Waals surface area contributed by atoms with Gasteiger partial charge in [0.15, 0.2) is 10.1 Å². The van der Waals surface area contributed by atoms with Crippen LogP contribution in [0.25, 0.3) is 19.4 Å². The van der Waals surface area contributed by atoms with Crippen molar-refractivity contribution in [3.8, 4) is 21.9 Å². The van der Waals surface area contributed by atoms with Gasteiger partial charge < -0.3 is 9.80 Å². The van der Waals surface area contributed by atoms with Crippen LogP contribution in [0.1, 0.15) is 39.1 Å². The van der Waals surface area contributed by atoms with Crippen molar-refractivity contribution in [2.75, 3.05) is 13.1 Å². The van der Waals surface area contributed by atoms with E-state index < -0.39 is 5.41 Å². The second kappa shape index (κ2) is 10.6. The summed E-state index contributed by atoms with van der Waals surface area (Å²) in [7, 11) is 0. The Balaban J connectivity index is 1.51. The van der Waals surface area contributed by atoms with Gasteiger partial charge in [-0.15, -0.1) is 0 Å². The number of amides is 2. The summed E-state index contributed by atoms with van der Waals surface area (Å²) in [6.07, 6.45) is 0. The van der Waals surface area contributed by atoms with Crippen molar-refractivity contribution in [1.82, 2.24) is 19.8 Å². The SMILES string of the molecule is [C-]#[N+]/C(C#N)=C1\SC(=Nc2nc3c(s2)-c2sc(N=C4S/C(=C(\C#N)[N+]#[C-])N(CC)C4=O)nc2C3(C)C)C(=O)N1CC. The van der Waals surface area contributed by atoms with Gasteiger partial charge in [-0.1, -0.05) is 46.2 Å². The monoisotopic (exact) mass is 616 g/mol. The number of thioether (sulfide) groups is 2. The molecule has 0 atom stereocenters. The lowest BCUT2D eigenvalue weighted by atomic mass is 9.90. The molecule has 0 saturated carbocycles. The average molecular weight is 617 g/mol. The van der Waals surface area contributed by atoms with Gasteiger partial charge in [0.2, 0.25) is 10.3 Å². The Labute approximate surface area is 251 Å². The van der Waals surface area contributed by atoms with E-state index in [1.807, 2.05) is 26.0 Å². The fraction of sp³-hybridized carbons (Fsp3) is 0.280. The fourth-order valence-electron chi connectivity index (χ4n) is 4.26. The van der Waals surface area contributed by atoms with Crippen LogP contribution in [0.3, 0.4) is 0 Å². The van der Waals surface area contributed by atoms with Crippen molar-refractivity contribution < 1.29 is 9.59 Å². The van der Waals surface area contributed by atoms with Gasteiger partial charge in [-0.3, -0.25) is 9.59 Å². The molecule has 12 nitrogen and oxygen atoms in total. The minimum absolute atomic E-state index is 0.136. The van der Waals surface area contributed by atoms with Gasteiger partial charge in [0.05, 0.1) is 51.8 Å². The summed E-state index contributed by atoms with van der Waals surface area (Å²) < 4.78 is 0. The normalized spacial score (nSPS) is 21.5. The molecule has 0 radical (unpaired) electrons. The van der Waals surface area contributed by atoms with Gasteiger partial charge in [0.25, 0.3) is 23.2 Å². The van der Waals surface area contributed by atoms with Crippen LogP contribution in [-0.2, 0) is 15.0 Å². The highest BCUT2D eigenvalue weighted by atomic mass is 32.2. The number of thiazole rings is 2. The molecule has 2 fully saturated rings. The predicted molar refractivity (Wildman–Crippen MR) is 158 cm³/mol. The number of fused-ring (bicyclic) bond motifs is 3. The quantitative estimate of drug-likeness (QED) is 0.329. The van der Waals surface area contributed by atoms with Crippen LogP contribution in [0.2, 0.25) is 0 Å². The molecule has 0 unspecified atom stereocenters. The number of nitrogens with zero attached hydrogens (tertiary/aromatic N) is 10. The van der Waals surface area contributed by atoms with Gasteiger partial charge in [-0.25, -0.2) is 40.2 Å². The molecule has 0 spiro atoms. The number of rotatable bonds is 4. The lowest BCUT2D eigenvalue weighted by Crippen LogP contribution is -2.26. The summed E-state index contributed by atoms with van der Waals surface area (Å²) in [5, 5.41) is 20.1. The molecule has 5 rings (SSSR count). The summed E-state index contributed by atoms with van der Waals surface area (Å²) in [6.45, 7) is 22.5. The van der Waals surface area contributed by atoms with Crippen LogP contribution in [-0.4, -0.2) is 54.8 Å². The van der Waals surface area contributed by atoms with E-state index in [1.165, 1.54) is 32.5 Å². The minimum atomic E-state index is -0.592. The highest BCUT2D eigenvalue weighted by Crippen LogP contribution is 2.55. The van der Waals surface area contributed by atoms with Gasteiger partial charge in [0.1, 0.15) is 10.1 Å². The third-order valence-corrected chi connectivity index (χ3v) is 10.4. The first-order chi connectivity index (χ1) is 19.6. The Morgan fingerprint density at radius 3 is 1.56 bits per heavy atom. The molecule has 4 heterocycles. The number of hydrogen-bond donors (Lipinski definition) is 0. The molecule has 16 heteroatoms. The number of aliphatic imine (C=N–C) groups is 2. The molecule has 1 aliphatic carbocycles. The predicted octanol–water partition coefficient (Wildman–Crippen LogP) is 5.38.